The van der Waals surface area contributed by atoms with Gasteiger partial charge >= 0.3 is 0 Å². The average molecular weight is 340 g/mol. The Kier molecular flexibility index (Phi) is 4.96. The molecule has 0 fully saturated rings. The van der Waals surface area contributed by atoms with E-state index in [1.165, 1.54) is 26.0 Å². The lowest BCUT2D eigenvalue weighted by Gasteiger charge is -2.12. The van der Waals surface area contributed by atoms with E-state index < -0.39 is 5.25 Å². The van der Waals surface area contributed by atoms with Crippen LogP contribution in [-0.4, -0.2) is 30.5 Å². The van der Waals surface area contributed by atoms with Gasteiger partial charge in [-0.05, 0) is 22.4 Å². The summed E-state index contributed by atoms with van der Waals surface area (Å²) >= 11 is 1.26. The molecule has 122 valence electrons. The fourth-order valence-electron chi connectivity index (χ4n) is 2.32. The summed E-state index contributed by atoms with van der Waals surface area (Å²) in [5, 5.41) is 2.24. The van der Waals surface area contributed by atoms with Crippen molar-refractivity contribution in [3.05, 3.63) is 54.1 Å². The molecule has 5 nitrogen and oxygen atoms in total. The van der Waals surface area contributed by atoms with E-state index in [1.54, 1.807) is 6.07 Å². The molecule has 1 unspecified atom stereocenters. The third-order valence-corrected chi connectivity index (χ3v) is 4.57. The Hall–Kier alpha value is -2.60. The highest BCUT2D eigenvalue weighted by Crippen LogP contribution is 2.34. The minimum absolute atomic E-state index is 0.396. The molecule has 1 aromatic heterocycles. The maximum absolute atomic E-state index is 11.6. The van der Waals surface area contributed by atoms with Gasteiger partial charge in [-0.1, -0.05) is 48.2 Å². The first-order chi connectivity index (χ1) is 11.7. The van der Waals surface area contributed by atoms with Crippen LogP contribution in [-0.2, 0) is 4.79 Å². The van der Waals surface area contributed by atoms with Crippen molar-refractivity contribution in [2.24, 2.45) is 0 Å². The first-order valence-corrected chi connectivity index (χ1v) is 8.19. The predicted molar refractivity (Wildman–Crippen MR) is 93.7 cm³/mol. The van der Waals surface area contributed by atoms with E-state index >= 15 is 0 Å². The molecule has 0 N–H and O–H groups in total. The molecule has 3 aromatic rings. The summed E-state index contributed by atoms with van der Waals surface area (Å²) in [6.45, 7) is 0. The predicted octanol–water partition coefficient (Wildman–Crippen LogP) is 3.68. The lowest BCUT2D eigenvalue weighted by Crippen LogP contribution is -2.00. The van der Waals surface area contributed by atoms with Crippen LogP contribution < -0.4 is 9.47 Å². The van der Waals surface area contributed by atoms with Crippen molar-refractivity contribution in [3.8, 4) is 11.8 Å². The maximum atomic E-state index is 11.6. The molecule has 3 rings (SSSR count). The maximum Gasteiger partial charge on any atom is 0.220 e. The SMILES string of the molecule is COc1cc(OC)nc(SC(C=O)c2ccc3ccccc3c2)n1. The van der Waals surface area contributed by atoms with Gasteiger partial charge in [0.2, 0.25) is 11.8 Å². The fraction of sp³-hybridized carbons (Fsp3) is 0.167. The molecule has 0 radical (unpaired) electrons. The molecule has 0 saturated heterocycles. The van der Waals surface area contributed by atoms with Crippen LogP contribution in [0.2, 0.25) is 0 Å². The van der Waals surface area contributed by atoms with Crippen molar-refractivity contribution in [1.29, 1.82) is 0 Å². The topological polar surface area (TPSA) is 61.3 Å². The first-order valence-electron chi connectivity index (χ1n) is 7.31. The van der Waals surface area contributed by atoms with Gasteiger partial charge < -0.3 is 14.3 Å². The van der Waals surface area contributed by atoms with Crippen molar-refractivity contribution in [2.75, 3.05) is 14.2 Å². The molecule has 1 heterocycles. The number of benzene rings is 2. The van der Waals surface area contributed by atoms with Crippen LogP contribution in [0.1, 0.15) is 10.8 Å². The van der Waals surface area contributed by atoms with Gasteiger partial charge in [-0.2, -0.15) is 9.97 Å². The van der Waals surface area contributed by atoms with Crippen LogP contribution in [0.25, 0.3) is 10.8 Å². The average Bonchev–Trinajstić information content (AvgIpc) is 2.65. The first kappa shape index (κ1) is 16.3. The van der Waals surface area contributed by atoms with Crippen LogP contribution in [0.5, 0.6) is 11.8 Å². The number of fused-ring (bicyclic) bond motifs is 1. The summed E-state index contributed by atoms with van der Waals surface area (Å²) in [5.74, 6) is 0.792. The Labute approximate surface area is 144 Å². The van der Waals surface area contributed by atoms with Crippen molar-refractivity contribution in [3.63, 3.8) is 0 Å². The number of hydrogen-bond acceptors (Lipinski definition) is 6. The van der Waals surface area contributed by atoms with E-state index in [1.807, 2.05) is 42.5 Å². The Balaban J connectivity index is 1.92. The number of aromatic nitrogens is 2. The Morgan fingerprint density at radius 1 is 0.958 bits per heavy atom. The molecule has 0 aliphatic heterocycles. The number of ether oxygens (including phenoxy) is 2. The quantitative estimate of drug-likeness (QED) is 0.387. The zero-order valence-electron chi connectivity index (χ0n) is 13.3. The van der Waals surface area contributed by atoms with Gasteiger partial charge in [0.1, 0.15) is 6.29 Å². The Bertz CT molecular complexity index is 848. The summed E-state index contributed by atoms with van der Waals surface area (Å²) in [6, 6.07) is 15.6. The molecule has 2 aromatic carbocycles. The van der Waals surface area contributed by atoms with E-state index in [0.717, 1.165) is 22.6 Å². The summed E-state index contributed by atoms with van der Waals surface area (Å²) in [6.07, 6.45) is 0.893. The molecule has 1 atom stereocenters. The second-order valence-corrected chi connectivity index (χ2v) is 6.13. The number of aldehydes is 1. The van der Waals surface area contributed by atoms with Gasteiger partial charge in [-0.15, -0.1) is 0 Å². The van der Waals surface area contributed by atoms with Crippen LogP contribution in [0.4, 0.5) is 0 Å². The second kappa shape index (κ2) is 7.31. The van der Waals surface area contributed by atoms with Crippen LogP contribution >= 0.6 is 11.8 Å². The Morgan fingerprint density at radius 3 is 2.25 bits per heavy atom. The molecule has 6 heteroatoms. The largest absolute Gasteiger partial charge is 0.481 e. The lowest BCUT2D eigenvalue weighted by molar-refractivity contribution is -0.107. The summed E-state index contributed by atoms with van der Waals surface area (Å²) in [5.41, 5.74) is 0.902. The van der Waals surface area contributed by atoms with Gasteiger partial charge in [-0.25, -0.2) is 0 Å². The lowest BCUT2D eigenvalue weighted by atomic mass is 10.1. The van der Waals surface area contributed by atoms with Crippen LogP contribution in [0.3, 0.4) is 0 Å². The summed E-state index contributed by atoms with van der Waals surface area (Å²) < 4.78 is 10.3. The smallest absolute Gasteiger partial charge is 0.220 e. The van der Waals surface area contributed by atoms with Crippen molar-refractivity contribution >= 4 is 28.8 Å². The van der Waals surface area contributed by atoms with E-state index in [0.29, 0.717) is 16.9 Å². The van der Waals surface area contributed by atoms with Crippen molar-refractivity contribution < 1.29 is 14.3 Å². The number of carbonyl (C=O) groups is 1. The Morgan fingerprint density at radius 2 is 1.62 bits per heavy atom. The zero-order valence-corrected chi connectivity index (χ0v) is 14.1. The van der Waals surface area contributed by atoms with Gasteiger partial charge in [0.05, 0.1) is 25.5 Å². The second-order valence-electron chi connectivity index (χ2n) is 5.02. The highest BCUT2D eigenvalue weighted by molar-refractivity contribution is 8.00. The summed E-state index contributed by atoms with van der Waals surface area (Å²) in [4.78, 5) is 20.1. The van der Waals surface area contributed by atoms with E-state index in [9.17, 15) is 4.79 Å². The normalized spacial score (nSPS) is 11.9. The van der Waals surface area contributed by atoms with Gasteiger partial charge in [0, 0.05) is 0 Å². The molecule has 0 bridgehead atoms. The number of rotatable bonds is 6. The molecular formula is C18H16N2O3S. The number of thioether (sulfide) groups is 1. The fourth-order valence-corrected chi connectivity index (χ4v) is 3.17. The van der Waals surface area contributed by atoms with Crippen molar-refractivity contribution in [2.45, 2.75) is 10.4 Å². The number of carbonyl (C=O) groups excluding carboxylic acids is 1. The highest BCUT2D eigenvalue weighted by Gasteiger charge is 2.16. The third-order valence-electron chi connectivity index (χ3n) is 3.53. The van der Waals surface area contributed by atoms with Crippen LogP contribution in [0.15, 0.2) is 53.7 Å². The van der Waals surface area contributed by atoms with Crippen molar-refractivity contribution in [1.82, 2.24) is 9.97 Å². The number of nitrogens with zero attached hydrogens (tertiary/aromatic N) is 2. The number of methoxy groups -OCH3 is 2. The minimum atomic E-state index is -0.411. The van der Waals surface area contributed by atoms with E-state index in [2.05, 4.69) is 9.97 Å². The third kappa shape index (κ3) is 3.49. The summed E-state index contributed by atoms with van der Waals surface area (Å²) in [7, 11) is 3.05. The zero-order chi connectivity index (χ0) is 16.9. The molecular weight excluding hydrogens is 324 g/mol. The molecule has 0 amide bonds. The molecule has 0 spiro atoms. The van der Waals surface area contributed by atoms with E-state index in [-0.39, 0.29) is 0 Å². The standard InChI is InChI=1S/C18H16N2O3S/c1-22-16-10-17(23-2)20-18(19-16)24-15(11-21)14-8-7-12-5-3-4-6-13(12)9-14/h3-11,15H,1-2H3. The molecule has 0 aliphatic carbocycles. The highest BCUT2D eigenvalue weighted by atomic mass is 32.2. The van der Waals surface area contributed by atoms with Gasteiger partial charge in [0.15, 0.2) is 5.16 Å². The minimum Gasteiger partial charge on any atom is -0.481 e. The van der Waals surface area contributed by atoms with Crippen LogP contribution in [0, 0.1) is 0 Å². The monoisotopic (exact) mass is 340 g/mol. The molecule has 24 heavy (non-hydrogen) atoms. The number of hydrogen-bond donors (Lipinski definition) is 0. The molecule has 0 saturated carbocycles. The van der Waals surface area contributed by atoms with Gasteiger partial charge in [-0.3, -0.25) is 0 Å². The van der Waals surface area contributed by atoms with Gasteiger partial charge in [0.25, 0.3) is 0 Å². The van der Waals surface area contributed by atoms with E-state index in [4.69, 9.17) is 9.47 Å². The molecule has 0 aliphatic rings.